The van der Waals surface area contributed by atoms with Crippen molar-refractivity contribution in [2.75, 3.05) is 5.32 Å². The number of amides is 1. The predicted molar refractivity (Wildman–Crippen MR) is 91.5 cm³/mol. The summed E-state index contributed by atoms with van der Waals surface area (Å²) in [7, 11) is 0. The third-order valence-electron chi connectivity index (χ3n) is 2.93. The van der Waals surface area contributed by atoms with E-state index in [1.165, 1.54) is 0 Å². The number of rotatable bonds is 3. The van der Waals surface area contributed by atoms with Crippen LogP contribution in [0.25, 0.3) is 0 Å². The molecule has 0 fully saturated rings. The molecule has 0 saturated carbocycles. The van der Waals surface area contributed by atoms with Gasteiger partial charge in [-0.1, -0.05) is 41.5 Å². The molecule has 1 amide bonds. The lowest BCUT2D eigenvalue weighted by Crippen LogP contribution is -2.15. The van der Waals surface area contributed by atoms with Crippen molar-refractivity contribution in [1.82, 2.24) is 0 Å². The number of hydrogen-bond donors (Lipinski definition) is 2. The summed E-state index contributed by atoms with van der Waals surface area (Å²) < 4.78 is 0. The second-order valence-electron chi connectivity index (χ2n) is 4.47. The molecule has 0 spiro atoms. The summed E-state index contributed by atoms with van der Waals surface area (Å²) in [4.78, 5) is 12.5. The Balaban J connectivity index is 2.31. The summed E-state index contributed by atoms with van der Waals surface area (Å²) in [6.07, 6.45) is 0. The molecule has 3 N–H and O–H groups in total. The number of nitrogens with one attached hydrogen (secondary N) is 1. The molecule has 0 unspecified atom stereocenters. The van der Waals surface area contributed by atoms with Crippen LogP contribution in [0.15, 0.2) is 36.4 Å². The largest absolute Gasteiger partial charge is 0.389 e. The van der Waals surface area contributed by atoms with E-state index in [1.54, 1.807) is 36.4 Å². The van der Waals surface area contributed by atoms with E-state index >= 15 is 0 Å². The predicted octanol–water partition coefficient (Wildman–Crippen LogP) is 4.19. The maximum atomic E-state index is 12.3. The van der Waals surface area contributed by atoms with Gasteiger partial charge in [0.25, 0.3) is 5.91 Å². The highest BCUT2D eigenvalue weighted by Gasteiger charge is 2.12. The van der Waals surface area contributed by atoms with Gasteiger partial charge in [0, 0.05) is 16.1 Å². The Bertz CT molecular complexity index is 732. The summed E-state index contributed by atoms with van der Waals surface area (Å²) in [6, 6.07) is 10.0. The SMILES string of the molecule is Cc1cc(Cl)ccc1C(=O)Nc1cc(C(N)=S)ccc1Cl. The summed E-state index contributed by atoms with van der Waals surface area (Å²) >= 11 is 16.9. The van der Waals surface area contributed by atoms with Gasteiger partial charge in [0.05, 0.1) is 10.7 Å². The molecule has 0 atom stereocenters. The number of nitrogens with two attached hydrogens (primary N) is 1. The van der Waals surface area contributed by atoms with Crippen LogP contribution < -0.4 is 11.1 Å². The molecule has 0 heterocycles. The van der Waals surface area contributed by atoms with Gasteiger partial charge in [-0.25, -0.2) is 0 Å². The Hall–Kier alpha value is -1.62. The Kier molecular flexibility index (Phi) is 4.83. The van der Waals surface area contributed by atoms with Crippen LogP contribution >= 0.6 is 35.4 Å². The van der Waals surface area contributed by atoms with Crippen molar-refractivity contribution >= 4 is 52.0 Å². The van der Waals surface area contributed by atoms with E-state index in [0.717, 1.165) is 5.56 Å². The van der Waals surface area contributed by atoms with Gasteiger partial charge < -0.3 is 11.1 Å². The van der Waals surface area contributed by atoms with E-state index < -0.39 is 0 Å². The topological polar surface area (TPSA) is 55.1 Å². The molecule has 2 aromatic carbocycles. The quantitative estimate of drug-likeness (QED) is 0.825. The number of anilines is 1. The molecular formula is C15H12Cl2N2OS. The van der Waals surface area contributed by atoms with E-state index in [1.807, 2.05) is 6.92 Å². The monoisotopic (exact) mass is 338 g/mol. The van der Waals surface area contributed by atoms with Crippen LogP contribution in [0.1, 0.15) is 21.5 Å². The fraction of sp³-hybridized carbons (Fsp3) is 0.0667. The van der Waals surface area contributed by atoms with Gasteiger partial charge in [0.2, 0.25) is 0 Å². The van der Waals surface area contributed by atoms with Crippen molar-refractivity contribution in [2.24, 2.45) is 5.73 Å². The highest BCUT2D eigenvalue weighted by molar-refractivity contribution is 7.80. The molecule has 0 bridgehead atoms. The van der Waals surface area contributed by atoms with Crippen molar-refractivity contribution in [3.8, 4) is 0 Å². The highest BCUT2D eigenvalue weighted by Crippen LogP contribution is 2.24. The number of halogens is 2. The first-order valence-electron chi connectivity index (χ1n) is 6.05. The van der Waals surface area contributed by atoms with Crippen molar-refractivity contribution in [2.45, 2.75) is 6.92 Å². The lowest BCUT2D eigenvalue weighted by molar-refractivity contribution is 0.102. The van der Waals surface area contributed by atoms with Crippen molar-refractivity contribution < 1.29 is 4.79 Å². The van der Waals surface area contributed by atoms with Crippen LogP contribution in [0.4, 0.5) is 5.69 Å². The lowest BCUT2D eigenvalue weighted by atomic mass is 10.1. The first-order valence-corrected chi connectivity index (χ1v) is 7.22. The molecule has 0 radical (unpaired) electrons. The third kappa shape index (κ3) is 3.73. The van der Waals surface area contributed by atoms with Gasteiger partial charge in [0.1, 0.15) is 4.99 Å². The maximum absolute atomic E-state index is 12.3. The fourth-order valence-electron chi connectivity index (χ4n) is 1.85. The summed E-state index contributed by atoms with van der Waals surface area (Å²) in [5.41, 5.74) is 7.98. The van der Waals surface area contributed by atoms with Crippen molar-refractivity contribution in [3.63, 3.8) is 0 Å². The molecule has 2 rings (SSSR count). The molecule has 108 valence electrons. The summed E-state index contributed by atoms with van der Waals surface area (Å²) in [5.74, 6) is -0.272. The van der Waals surface area contributed by atoms with Gasteiger partial charge in [-0.05, 0) is 42.8 Å². The third-order valence-corrected chi connectivity index (χ3v) is 3.73. The van der Waals surface area contributed by atoms with Crippen LogP contribution in [-0.4, -0.2) is 10.9 Å². The Morgan fingerprint density at radius 2 is 1.90 bits per heavy atom. The van der Waals surface area contributed by atoms with Crippen LogP contribution in [0.3, 0.4) is 0 Å². The second-order valence-corrected chi connectivity index (χ2v) is 5.76. The van der Waals surface area contributed by atoms with E-state index in [2.05, 4.69) is 5.32 Å². The Labute approximate surface area is 138 Å². The van der Waals surface area contributed by atoms with Gasteiger partial charge >= 0.3 is 0 Å². The number of carbonyl (C=O) groups excluding carboxylic acids is 1. The van der Waals surface area contributed by atoms with Gasteiger partial charge in [-0.3, -0.25) is 4.79 Å². The number of benzene rings is 2. The molecule has 0 aliphatic carbocycles. The zero-order chi connectivity index (χ0) is 15.6. The number of hydrogen-bond acceptors (Lipinski definition) is 2. The zero-order valence-electron chi connectivity index (χ0n) is 11.1. The van der Waals surface area contributed by atoms with Crippen molar-refractivity contribution in [3.05, 3.63) is 63.1 Å². The number of thiocarbonyl (C=S) groups is 1. The normalized spacial score (nSPS) is 10.2. The first kappa shape index (κ1) is 15.8. The number of carbonyl (C=O) groups is 1. The van der Waals surface area contributed by atoms with Crippen molar-refractivity contribution in [1.29, 1.82) is 0 Å². The van der Waals surface area contributed by atoms with Crippen LogP contribution in [-0.2, 0) is 0 Å². The van der Waals surface area contributed by atoms with Gasteiger partial charge in [-0.2, -0.15) is 0 Å². The number of aryl methyl sites for hydroxylation is 1. The second kappa shape index (κ2) is 6.43. The van der Waals surface area contributed by atoms with E-state index in [-0.39, 0.29) is 10.9 Å². The zero-order valence-corrected chi connectivity index (χ0v) is 13.4. The minimum Gasteiger partial charge on any atom is -0.389 e. The molecule has 0 aromatic heterocycles. The van der Waals surface area contributed by atoms with Crippen LogP contribution in [0, 0.1) is 6.92 Å². The lowest BCUT2D eigenvalue weighted by Gasteiger charge is -2.11. The Morgan fingerprint density at radius 1 is 1.19 bits per heavy atom. The molecule has 0 aliphatic heterocycles. The summed E-state index contributed by atoms with van der Waals surface area (Å²) in [5, 5.41) is 3.75. The molecule has 0 saturated heterocycles. The molecular weight excluding hydrogens is 327 g/mol. The Morgan fingerprint density at radius 3 is 2.52 bits per heavy atom. The average molecular weight is 339 g/mol. The molecule has 2 aromatic rings. The minimum absolute atomic E-state index is 0.241. The van der Waals surface area contributed by atoms with E-state index in [9.17, 15) is 4.79 Å². The fourth-order valence-corrected chi connectivity index (χ4v) is 2.36. The van der Waals surface area contributed by atoms with Gasteiger partial charge in [-0.15, -0.1) is 0 Å². The molecule has 0 aliphatic rings. The highest BCUT2D eigenvalue weighted by atomic mass is 35.5. The van der Waals surface area contributed by atoms with Crippen LogP contribution in [0.2, 0.25) is 10.0 Å². The standard InChI is InChI=1S/C15H12Cl2N2OS/c1-8-6-10(16)3-4-11(8)15(20)19-13-7-9(14(18)21)2-5-12(13)17/h2-7H,1H3,(H2,18,21)(H,19,20). The molecule has 21 heavy (non-hydrogen) atoms. The molecule has 6 heteroatoms. The van der Waals surface area contributed by atoms with E-state index in [0.29, 0.717) is 26.9 Å². The van der Waals surface area contributed by atoms with Crippen LogP contribution in [0.5, 0.6) is 0 Å². The molecule has 3 nitrogen and oxygen atoms in total. The smallest absolute Gasteiger partial charge is 0.255 e. The average Bonchev–Trinajstić information content (AvgIpc) is 2.40. The summed E-state index contributed by atoms with van der Waals surface area (Å²) in [6.45, 7) is 1.81. The maximum Gasteiger partial charge on any atom is 0.255 e. The van der Waals surface area contributed by atoms with Gasteiger partial charge in [0.15, 0.2) is 0 Å². The van der Waals surface area contributed by atoms with E-state index in [4.69, 9.17) is 41.2 Å². The first-order chi connectivity index (χ1) is 9.88. The minimum atomic E-state index is -0.272.